The molecule has 0 aliphatic heterocycles. The summed E-state index contributed by atoms with van der Waals surface area (Å²) < 4.78 is 9.64. The first-order valence-electron chi connectivity index (χ1n) is 6.37. The van der Waals surface area contributed by atoms with Gasteiger partial charge in [-0.1, -0.05) is 16.8 Å². The molecule has 2 rings (SSSR count). The van der Waals surface area contributed by atoms with Crippen molar-refractivity contribution in [3.63, 3.8) is 0 Å². The fraction of sp³-hybridized carbons (Fsp3) is 0.308. The largest absolute Gasteiger partial charge is 0.462 e. The van der Waals surface area contributed by atoms with E-state index in [4.69, 9.17) is 22.1 Å². The second-order valence-electron chi connectivity index (χ2n) is 4.17. The van der Waals surface area contributed by atoms with Crippen LogP contribution in [0.15, 0.2) is 23.0 Å². The minimum atomic E-state index is -0.478. The number of nitrogens with one attached hydrogen (secondary N) is 1. The number of carbonyl (C=O) groups is 1. The summed E-state index contributed by atoms with van der Waals surface area (Å²) in [6, 6.07) is 3.10. The average molecular weight is 311 g/mol. The minimum absolute atomic E-state index is 0.271. The molecule has 0 aliphatic carbocycles. The fourth-order valence-corrected chi connectivity index (χ4v) is 2.07. The van der Waals surface area contributed by atoms with E-state index in [1.165, 1.54) is 12.5 Å². The summed E-state index contributed by atoms with van der Waals surface area (Å²) in [4.78, 5) is 15.9. The summed E-state index contributed by atoms with van der Waals surface area (Å²) >= 11 is 6.14. The second kappa shape index (κ2) is 6.94. The number of halogens is 1. The summed E-state index contributed by atoms with van der Waals surface area (Å²) in [5.41, 5.74) is 6.89. The highest BCUT2D eigenvalue weighted by molar-refractivity contribution is 6.34. The highest BCUT2D eigenvalue weighted by atomic mass is 35.5. The monoisotopic (exact) mass is 310 g/mol. The number of aromatic nitrogens is 2. The Balaban J connectivity index is 2.14. The Labute approximate surface area is 126 Å². The molecule has 0 saturated heterocycles. The summed E-state index contributed by atoms with van der Waals surface area (Å²) in [5, 5.41) is 7.13. The van der Waals surface area contributed by atoms with E-state index in [1.54, 1.807) is 13.0 Å². The maximum atomic E-state index is 11.9. The van der Waals surface area contributed by atoms with Crippen LogP contribution >= 0.6 is 11.6 Å². The third-order valence-corrected chi connectivity index (χ3v) is 2.96. The quantitative estimate of drug-likeness (QED) is 0.622. The van der Waals surface area contributed by atoms with Gasteiger partial charge in [0.15, 0.2) is 5.82 Å². The maximum absolute atomic E-state index is 11.9. The molecule has 2 aromatic rings. The van der Waals surface area contributed by atoms with Crippen molar-refractivity contribution < 1.29 is 14.1 Å². The van der Waals surface area contributed by atoms with Gasteiger partial charge in [0.05, 0.1) is 22.9 Å². The molecule has 0 spiro atoms. The molecule has 0 bridgehead atoms. The average Bonchev–Trinajstić information content (AvgIpc) is 2.94. The SMILES string of the molecule is CCOC(=O)c1cc(N)cc(Cl)c1NCCc1ncon1. The number of anilines is 2. The number of nitrogen functional groups attached to an aromatic ring is 1. The summed E-state index contributed by atoms with van der Waals surface area (Å²) in [6.07, 6.45) is 1.79. The Morgan fingerprint density at radius 1 is 1.52 bits per heavy atom. The molecule has 7 nitrogen and oxygen atoms in total. The zero-order valence-corrected chi connectivity index (χ0v) is 12.2. The molecular weight excluding hydrogens is 296 g/mol. The van der Waals surface area contributed by atoms with E-state index in [9.17, 15) is 4.79 Å². The molecule has 0 unspecified atom stereocenters. The van der Waals surface area contributed by atoms with Crippen LogP contribution < -0.4 is 11.1 Å². The molecule has 0 saturated carbocycles. The number of esters is 1. The van der Waals surface area contributed by atoms with Gasteiger partial charge in [-0.2, -0.15) is 4.98 Å². The van der Waals surface area contributed by atoms with Gasteiger partial charge in [-0.3, -0.25) is 0 Å². The number of nitrogens with zero attached hydrogens (tertiary/aromatic N) is 2. The highest BCUT2D eigenvalue weighted by Gasteiger charge is 2.16. The van der Waals surface area contributed by atoms with Gasteiger partial charge in [0.1, 0.15) is 0 Å². The molecule has 8 heteroatoms. The van der Waals surface area contributed by atoms with Crippen molar-refractivity contribution in [2.45, 2.75) is 13.3 Å². The third kappa shape index (κ3) is 3.85. The number of rotatable bonds is 6. The number of hydrogen-bond acceptors (Lipinski definition) is 7. The predicted octanol–water partition coefficient (Wildman–Crippen LogP) is 2.14. The smallest absolute Gasteiger partial charge is 0.340 e. The Hall–Kier alpha value is -2.28. The zero-order chi connectivity index (χ0) is 15.2. The van der Waals surface area contributed by atoms with Crippen LogP contribution in [0.5, 0.6) is 0 Å². The normalized spacial score (nSPS) is 10.4. The molecule has 1 heterocycles. The van der Waals surface area contributed by atoms with Crippen molar-refractivity contribution in [3.05, 3.63) is 34.9 Å². The Bertz CT molecular complexity index is 616. The minimum Gasteiger partial charge on any atom is -0.462 e. The van der Waals surface area contributed by atoms with Crippen molar-refractivity contribution >= 4 is 28.9 Å². The van der Waals surface area contributed by atoms with E-state index in [1.807, 2.05) is 0 Å². The highest BCUT2D eigenvalue weighted by Crippen LogP contribution is 2.29. The molecule has 0 amide bonds. The first-order valence-corrected chi connectivity index (χ1v) is 6.75. The summed E-state index contributed by atoms with van der Waals surface area (Å²) in [5.74, 6) is 0.0838. The Kier molecular flexibility index (Phi) is 4.99. The molecule has 0 fully saturated rings. The third-order valence-electron chi connectivity index (χ3n) is 2.67. The molecule has 0 radical (unpaired) electrons. The first-order chi connectivity index (χ1) is 10.1. The van der Waals surface area contributed by atoms with Crippen molar-refractivity contribution in [3.8, 4) is 0 Å². The van der Waals surface area contributed by atoms with Crippen LogP contribution in [0.3, 0.4) is 0 Å². The predicted molar refractivity (Wildman–Crippen MR) is 78.3 cm³/mol. The van der Waals surface area contributed by atoms with Crippen molar-refractivity contribution in [1.82, 2.24) is 10.1 Å². The summed E-state index contributed by atoms with van der Waals surface area (Å²) in [7, 11) is 0. The lowest BCUT2D eigenvalue weighted by Gasteiger charge is -2.13. The second-order valence-corrected chi connectivity index (χ2v) is 4.58. The molecule has 1 aromatic heterocycles. The van der Waals surface area contributed by atoms with Crippen LogP contribution in [0, 0.1) is 0 Å². The lowest BCUT2D eigenvalue weighted by atomic mass is 10.1. The van der Waals surface area contributed by atoms with Crippen LogP contribution in [0.2, 0.25) is 5.02 Å². The van der Waals surface area contributed by atoms with Crippen LogP contribution in [0.1, 0.15) is 23.1 Å². The zero-order valence-electron chi connectivity index (χ0n) is 11.4. The maximum Gasteiger partial charge on any atom is 0.340 e. The van der Waals surface area contributed by atoms with Crippen LogP contribution in [-0.2, 0) is 11.2 Å². The van der Waals surface area contributed by atoms with Crippen molar-refractivity contribution in [2.75, 3.05) is 24.2 Å². The number of carbonyl (C=O) groups excluding carboxylic acids is 1. The standard InChI is InChI=1S/C13H15ClN4O3/c1-2-20-13(19)9-5-8(15)6-10(14)12(9)16-4-3-11-17-7-21-18-11/h5-7,16H,2-4,15H2,1H3. The Morgan fingerprint density at radius 2 is 2.33 bits per heavy atom. The number of benzene rings is 1. The molecular formula is C13H15ClN4O3. The van der Waals surface area contributed by atoms with Crippen LogP contribution in [-0.4, -0.2) is 29.3 Å². The van der Waals surface area contributed by atoms with Gasteiger partial charge in [0.2, 0.25) is 6.39 Å². The fourth-order valence-electron chi connectivity index (χ4n) is 1.78. The lowest BCUT2D eigenvalue weighted by molar-refractivity contribution is 0.0527. The molecule has 0 atom stereocenters. The molecule has 112 valence electrons. The Morgan fingerprint density at radius 3 is 3.00 bits per heavy atom. The van der Waals surface area contributed by atoms with Gasteiger partial charge < -0.3 is 20.3 Å². The van der Waals surface area contributed by atoms with Gasteiger partial charge in [0, 0.05) is 18.7 Å². The van der Waals surface area contributed by atoms with Gasteiger partial charge >= 0.3 is 5.97 Å². The van der Waals surface area contributed by atoms with Crippen molar-refractivity contribution in [1.29, 1.82) is 0 Å². The van der Waals surface area contributed by atoms with Crippen molar-refractivity contribution in [2.24, 2.45) is 0 Å². The number of nitrogens with two attached hydrogens (primary N) is 1. The van der Waals surface area contributed by atoms with Gasteiger partial charge in [0.25, 0.3) is 0 Å². The number of hydrogen-bond donors (Lipinski definition) is 2. The van der Waals surface area contributed by atoms with Crippen LogP contribution in [0.4, 0.5) is 11.4 Å². The van der Waals surface area contributed by atoms with E-state index in [0.29, 0.717) is 40.8 Å². The van der Waals surface area contributed by atoms with Crippen LogP contribution in [0.25, 0.3) is 0 Å². The molecule has 3 N–H and O–H groups in total. The van der Waals surface area contributed by atoms with Gasteiger partial charge in [-0.25, -0.2) is 4.79 Å². The van der Waals surface area contributed by atoms with E-state index >= 15 is 0 Å². The van der Waals surface area contributed by atoms with E-state index < -0.39 is 5.97 Å². The van der Waals surface area contributed by atoms with Gasteiger partial charge in [-0.15, -0.1) is 0 Å². The van der Waals surface area contributed by atoms with E-state index in [-0.39, 0.29) is 6.61 Å². The van der Waals surface area contributed by atoms with Gasteiger partial charge in [-0.05, 0) is 19.1 Å². The molecule has 21 heavy (non-hydrogen) atoms. The van der Waals surface area contributed by atoms with E-state index in [2.05, 4.69) is 20.0 Å². The first kappa shape index (κ1) is 15.1. The topological polar surface area (TPSA) is 103 Å². The summed E-state index contributed by atoms with van der Waals surface area (Å²) in [6.45, 7) is 2.48. The molecule has 0 aliphatic rings. The molecule has 1 aromatic carbocycles. The number of ether oxygens (including phenoxy) is 1. The lowest BCUT2D eigenvalue weighted by Crippen LogP contribution is -2.13. The van der Waals surface area contributed by atoms with E-state index in [0.717, 1.165) is 0 Å².